The molecule has 1 fully saturated rings. The molecule has 1 N–H and O–H groups in total. The number of ether oxygens (including phenoxy) is 2. The van der Waals surface area contributed by atoms with Crippen molar-refractivity contribution < 1.29 is 19.1 Å². The molecule has 30 heavy (non-hydrogen) atoms. The van der Waals surface area contributed by atoms with Crippen molar-refractivity contribution in [2.45, 2.75) is 13.0 Å². The molecule has 0 saturated carbocycles. The van der Waals surface area contributed by atoms with E-state index in [0.29, 0.717) is 28.1 Å². The number of rotatable bonds is 7. The van der Waals surface area contributed by atoms with Crippen LogP contribution in [0.5, 0.6) is 11.5 Å². The second-order valence-corrected chi connectivity index (χ2v) is 7.76. The SMILES string of the molecule is COc1cccc(N2CC(C(=O)Nc3nnc(COc4ccccc4)s3)CC2=O)c1. The summed E-state index contributed by atoms with van der Waals surface area (Å²) in [4.78, 5) is 26.7. The molecule has 154 valence electrons. The van der Waals surface area contributed by atoms with Crippen LogP contribution < -0.4 is 19.7 Å². The summed E-state index contributed by atoms with van der Waals surface area (Å²) in [6.07, 6.45) is 0.145. The molecule has 1 atom stereocenters. The Morgan fingerprint density at radius 2 is 1.97 bits per heavy atom. The number of methoxy groups -OCH3 is 1. The number of carbonyl (C=O) groups is 2. The average Bonchev–Trinajstić information content (AvgIpc) is 3.39. The van der Waals surface area contributed by atoms with Crippen LogP contribution in [0.1, 0.15) is 11.4 Å². The molecule has 1 aliphatic heterocycles. The summed E-state index contributed by atoms with van der Waals surface area (Å²) in [7, 11) is 1.57. The summed E-state index contributed by atoms with van der Waals surface area (Å²) in [5.74, 6) is 0.586. The van der Waals surface area contributed by atoms with Gasteiger partial charge < -0.3 is 19.7 Å². The normalized spacial score (nSPS) is 15.8. The number of carbonyl (C=O) groups excluding carboxylic acids is 2. The molecule has 0 radical (unpaired) electrons. The molecule has 1 aliphatic rings. The smallest absolute Gasteiger partial charge is 0.231 e. The van der Waals surface area contributed by atoms with Crippen molar-refractivity contribution in [3.05, 3.63) is 59.6 Å². The summed E-state index contributed by atoms with van der Waals surface area (Å²) < 4.78 is 10.9. The minimum absolute atomic E-state index is 0.0994. The highest BCUT2D eigenvalue weighted by molar-refractivity contribution is 7.15. The minimum atomic E-state index is -0.461. The third kappa shape index (κ3) is 4.57. The molecular formula is C21H20N4O4S. The highest BCUT2D eigenvalue weighted by Crippen LogP contribution is 2.29. The number of amides is 2. The van der Waals surface area contributed by atoms with Gasteiger partial charge in [0.1, 0.15) is 18.1 Å². The number of anilines is 2. The summed E-state index contributed by atoms with van der Waals surface area (Å²) in [5.41, 5.74) is 0.714. The first-order valence-electron chi connectivity index (χ1n) is 9.38. The largest absolute Gasteiger partial charge is 0.497 e. The molecule has 2 aromatic carbocycles. The van der Waals surface area contributed by atoms with Gasteiger partial charge in [0.15, 0.2) is 5.01 Å². The Kier molecular flexibility index (Phi) is 5.89. The monoisotopic (exact) mass is 424 g/mol. The van der Waals surface area contributed by atoms with Gasteiger partial charge in [-0.05, 0) is 24.3 Å². The van der Waals surface area contributed by atoms with E-state index < -0.39 is 5.92 Å². The Labute approximate surface area is 177 Å². The fourth-order valence-electron chi connectivity index (χ4n) is 3.14. The predicted octanol–water partition coefficient (Wildman–Crippen LogP) is 3.12. The van der Waals surface area contributed by atoms with Gasteiger partial charge in [0.25, 0.3) is 0 Å². The van der Waals surface area contributed by atoms with Crippen molar-refractivity contribution in [3.8, 4) is 11.5 Å². The predicted molar refractivity (Wildman–Crippen MR) is 113 cm³/mol. The number of nitrogens with zero attached hydrogens (tertiary/aromatic N) is 3. The van der Waals surface area contributed by atoms with Crippen LogP contribution in [0.25, 0.3) is 0 Å². The van der Waals surface area contributed by atoms with Gasteiger partial charge in [-0.3, -0.25) is 9.59 Å². The number of hydrogen-bond acceptors (Lipinski definition) is 7. The first kappa shape index (κ1) is 19.8. The van der Waals surface area contributed by atoms with E-state index in [1.54, 1.807) is 18.1 Å². The van der Waals surface area contributed by atoms with Crippen LogP contribution in [0.3, 0.4) is 0 Å². The molecule has 2 amide bonds. The van der Waals surface area contributed by atoms with Crippen molar-refractivity contribution >= 4 is 34.0 Å². The van der Waals surface area contributed by atoms with Gasteiger partial charge in [0.2, 0.25) is 16.9 Å². The zero-order valence-electron chi connectivity index (χ0n) is 16.3. The molecule has 4 rings (SSSR count). The molecule has 1 unspecified atom stereocenters. The molecule has 1 saturated heterocycles. The van der Waals surface area contributed by atoms with Crippen LogP contribution in [0.2, 0.25) is 0 Å². The van der Waals surface area contributed by atoms with Crippen LogP contribution in [0, 0.1) is 5.92 Å². The Balaban J connectivity index is 1.34. The maximum Gasteiger partial charge on any atom is 0.231 e. The van der Waals surface area contributed by atoms with E-state index in [4.69, 9.17) is 9.47 Å². The molecule has 9 heteroatoms. The molecule has 0 spiro atoms. The first-order valence-corrected chi connectivity index (χ1v) is 10.2. The third-order valence-corrected chi connectivity index (χ3v) is 5.48. The van der Waals surface area contributed by atoms with E-state index in [1.165, 1.54) is 11.3 Å². The topological polar surface area (TPSA) is 93.7 Å². The van der Waals surface area contributed by atoms with E-state index in [2.05, 4.69) is 15.5 Å². The zero-order valence-corrected chi connectivity index (χ0v) is 17.1. The second kappa shape index (κ2) is 8.91. The quantitative estimate of drug-likeness (QED) is 0.626. The summed E-state index contributed by atoms with van der Waals surface area (Å²) in [5, 5.41) is 11.8. The summed E-state index contributed by atoms with van der Waals surface area (Å²) >= 11 is 1.25. The van der Waals surface area contributed by atoms with Gasteiger partial charge in [0.05, 0.1) is 13.0 Å². The number of para-hydroxylation sites is 1. The van der Waals surface area contributed by atoms with E-state index in [9.17, 15) is 9.59 Å². The Morgan fingerprint density at radius 1 is 1.17 bits per heavy atom. The zero-order chi connectivity index (χ0) is 20.9. The van der Waals surface area contributed by atoms with Crippen molar-refractivity contribution in [1.82, 2.24) is 10.2 Å². The van der Waals surface area contributed by atoms with Crippen molar-refractivity contribution in [2.75, 3.05) is 23.9 Å². The highest BCUT2D eigenvalue weighted by atomic mass is 32.1. The van der Waals surface area contributed by atoms with Crippen LogP contribution in [0.4, 0.5) is 10.8 Å². The molecule has 3 aromatic rings. The Morgan fingerprint density at radius 3 is 2.77 bits per heavy atom. The lowest BCUT2D eigenvalue weighted by Crippen LogP contribution is -2.28. The standard InChI is InChI=1S/C21H20N4O4S/c1-28-17-9-5-6-15(11-17)25-12-14(10-19(25)26)20(27)22-21-24-23-18(30-21)13-29-16-7-3-2-4-8-16/h2-9,11,14H,10,12-13H2,1H3,(H,22,24,27). The lowest BCUT2D eigenvalue weighted by atomic mass is 10.1. The Bertz CT molecular complexity index is 1040. The van der Waals surface area contributed by atoms with E-state index >= 15 is 0 Å². The lowest BCUT2D eigenvalue weighted by molar-refractivity contribution is -0.122. The third-order valence-electron chi connectivity index (χ3n) is 4.66. The van der Waals surface area contributed by atoms with Crippen LogP contribution >= 0.6 is 11.3 Å². The lowest BCUT2D eigenvalue weighted by Gasteiger charge is -2.17. The van der Waals surface area contributed by atoms with Gasteiger partial charge >= 0.3 is 0 Å². The maximum atomic E-state index is 12.6. The molecular weight excluding hydrogens is 404 g/mol. The minimum Gasteiger partial charge on any atom is -0.497 e. The fourth-order valence-corrected chi connectivity index (χ4v) is 3.80. The number of aromatic nitrogens is 2. The summed E-state index contributed by atoms with van der Waals surface area (Å²) in [6.45, 7) is 0.573. The average molecular weight is 424 g/mol. The van der Waals surface area contributed by atoms with Gasteiger partial charge in [-0.2, -0.15) is 0 Å². The molecule has 2 heterocycles. The maximum absolute atomic E-state index is 12.6. The van der Waals surface area contributed by atoms with Crippen molar-refractivity contribution in [2.24, 2.45) is 5.92 Å². The van der Waals surface area contributed by atoms with Crippen molar-refractivity contribution in [3.63, 3.8) is 0 Å². The van der Waals surface area contributed by atoms with Gasteiger partial charge in [0, 0.05) is 24.7 Å². The summed E-state index contributed by atoms with van der Waals surface area (Å²) in [6, 6.07) is 16.6. The fraction of sp³-hybridized carbons (Fsp3) is 0.238. The van der Waals surface area contributed by atoms with E-state index in [1.807, 2.05) is 48.5 Å². The molecule has 1 aromatic heterocycles. The van der Waals surface area contributed by atoms with E-state index in [0.717, 1.165) is 5.75 Å². The second-order valence-electron chi connectivity index (χ2n) is 6.70. The first-order chi connectivity index (χ1) is 14.6. The van der Waals surface area contributed by atoms with Crippen LogP contribution in [-0.2, 0) is 16.2 Å². The van der Waals surface area contributed by atoms with Crippen LogP contribution in [0.15, 0.2) is 54.6 Å². The number of hydrogen-bond donors (Lipinski definition) is 1. The molecule has 0 aliphatic carbocycles. The van der Waals surface area contributed by atoms with E-state index in [-0.39, 0.29) is 24.8 Å². The van der Waals surface area contributed by atoms with Gasteiger partial charge in [-0.25, -0.2) is 0 Å². The molecule has 0 bridgehead atoms. The highest BCUT2D eigenvalue weighted by Gasteiger charge is 2.35. The van der Waals surface area contributed by atoms with Gasteiger partial charge in [-0.1, -0.05) is 35.6 Å². The van der Waals surface area contributed by atoms with Crippen LogP contribution in [-0.4, -0.2) is 35.7 Å². The number of benzene rings is 2. The van der Waals surface area contributed by atoms with Crippen molar-refractivity contribution in [1.29, 1.82) is 0 Å². The number of nitrogens with one attached hydrogen (secondary N) is 1. The molecule has 8 nitrogen and oxygen atoms in total. The van der Waals surface area contributed by atoms with Gasteiger partial charge in [-0.15, -0.1) is 10.2 Å². The Hall–Kier alpha value is -3.46.